The average Bonchev–Trinajstić information content (AvgIpc) is 3.09. The SMILES string of the molecule is CCOc1ccccc1N(CC(=O)N(Cc1cccc(OC)c1)[C@@H](Cc1ccccc1)C(=O)NC(C)(C)C)S(=O)(=O)c1ccc(SC)cc1. The first-order chi connectivity index (χ1) is 23.4. The smallest absolute Gasteiger partial charge is 0.264 e. The molecule has 0 spiro atoms. The molecule has 0 saturated carbocycles. The molecule has 0 aliphatic rings. The van der Waals surface area contributed by atoms with Crippen LogP contribution in [0.3, 0.4) is 0 Å². The molecule has 0 aliphatic heterocycles. The number of amides is 2. The maximum atomic E-state index is 14.8. The Morgan fingerprint density at radius 3 is 2.16 bits per heavy atom. The van der Waals surface area contributed by atoms with Crippen molar-refractivity contribution in [1.29, 1.82) is 0 Å². The molecule has 0 fully saturated rings. The van der Waals surface area contributed by atoms with Gasteiger partial charge in [0.2, 0.25) is 11.8 Å². The number of sulfonamides is 1. The largest absolute Gasteiger partial charge is 0.497 e. The van der Waals surface area contributed by atoms with E-state index >= 15 is 0 Å². The van der Waals surface area contributed by atoms with E-state index in [1.807, 2.05) is 69.5 Å². The van der Waals surface area contributed by atoms with Gasteiger partial charge in [0, 0.05) is 23.4 Å². The number of benzene rings is 4. The molecule has 4 aromatic carbocycles. The summed E-state index contributed by atoms with van der Waals surface area (Å²) in [6, 6.07) is 29.0. The third-order valence-electron chi connectivity index (χ3n) is 7.62. The number of anilines is 1. The van der Waals surface area contributed by atoms with E-state index in [0.717, 1.165) is 14.8 Å². The maximum absolute atomic E-state index is 14.8. The topological polar surface area (TPSA) is 105 Å². The average molecular weight is 704 g/mol. The molecule has 260 valence electrons. The van der Waals surface area contributed by atoms with Crippen molar-refractivity contribution in [1.82, 2.24) is 10.2 Å². The molecular weight excluding hydrogens is 659 g/mol. The van der Waals surface area contributed by atoms with Crippen LogP contribution >= 0.6 is 11.8 Å². The lowest BCUT2D eigenvalue weighted by Crippen LogP contribution is -2.56. The molecule has 0 heterocycles. The predicted octanol–water partition coefficient (Wildman–Crippen LogP) is 6.57. The van der Waals surface area contributed by atoms with Gasteiger partial charge in [-0.05, 0) is 93.6 Å². The van der Waals surface area contributed by atoms with E-state index in [0.29, 0.717) is 17.1 Å². The normalized spacial score (nSPS) is 12.1. The summed E-state index contributed by atoms with van der Waals surface area (Å²) in [6.07, 6.45) is 2.11. The highest BCUT2D eigenvalue weighted by Crippen LogP contribution is 2.33. The van der Waals surface area contributed by atoms with Crippen LogP contribution in [0.4, 0.5) is 5.69 Å². The third-order valence-corrected chi connectivity index (χ3v) is 10.1. The van der Waals surface area contributed by atoms with Crippen LogP contribution in [0.25, 0.3) is 0 Å². The van der Waals surface area contributed by atoms with Crippen LogP contribution in [0.2, 0.25) is 0 Å². The summed E-state index contributed by atoms with van der Waals surface area (Å²) in [5, 5.41) is 3.05. The van der Waals surface area contributed by atoms with Crippen LogP contribution in [0.15, 0.2) is 113 Å². The molecule has 4 aromatic rings. The van der Waals surface area contributed by atoms with E-state index < -0.39 is 34.1 Å². The van der Waals surface area contributed by atoms with E-state index in [9.17, 15) is 18.0 Å². The van der Waals surface area contributed by atoms with Gasteiger partial charge in [-0.1, -0.05) is 54.6 Å². The minimum Gasteiger partial charge on any atom is -0.497 e. The Morgan fingerprint density at radius 1 is 0.878 bits per heavy atom. The molecule has 0 bridgehead atoms. The lowest BCUT2D eigenvalue weighted by atomic mass is 10.0. The number of methoxy groups -OCH3 is 1. The van der Waals surface area contributed by atoms with E-state index in [2.05, 4.69) is 5.32 Å². The zero-order chi connectivity index (χ0) is 35.6. The van der Waals surface area contributed by atoms with Crippen LogP contribution < -0.4 is 19.1 Å². The molecule has 2 amide bonds. The molecular formula is C38H45N3O6S2. The number of nitrogens with zero attached hydrogens (tertiary/aromatic N) is 2. The first-order valence-corrected chi connectivity index (χ1v) is 18.7. The van der Waals surface area contributed by atoms with Crippen molar-refractivity contribution in [3.8, 4) is 11.5 Å². The van der Waals surface area contributed by atoms with Crippen molar-refractivity contribution in [2.75, 3.05) is 30.8 Å². The van der Waals surface area contributed by atoms with Gasteiger partial charge in [-0.25, -0.2) is 8.42 Å². The van der Waals surface area contributed by atoms with Crippen molar-refractivity contribution in [3.63, 3.8) is 0 Å². The Balaban J connectivity index is 1.86. The number of hydrogen-bond donors (Lipinski definition) is 1. The van der Waals surface area contributed by atoms with Gasteiger partial charge in [0.1, 0.15) is 24.1 Å². The molecule has 11 heteroatoms. The lowest BCUT2D eigenvalue weighted by Gasteiger charge is -2.35. The van der Waals surface area contributed by atoms with Crippen molar-refractivity contribution in [2.24, 2.45) is 0 Å². The number of thioether (sulfide) groups is 1. The Labute approximate surface area is 294 Å². The number of para-hydroxylation sites is 2. The fourth-order valence-electron chi connectivity index (χ4n) is 5.30. The van der Waals surface area contributed by atoms with Gasteiger partial charge in [0.15, 0.2) is 0 Å². The number of carbonyl (C=O) groups excluding carboxylic acids is 2. The fourth-order valence-corrected chi connectivity index (χ4v) is 7.14. The quantitative estimate of drug-likeness (QED) is 0.140. The number of hydrogen-bond acceptors (Lipinski definition) is 7. The second-order valence-corrected chi connectivity index (χ2v) is 15.1. The minimum absolute atomic E-state index is 0.0223. The van der Waals surface area contributed by atoms with Gasteiger partial charge in [0.05, 0.1) is 24.3 Å². The molecule has 1 atom stereocenters. The number of rotatable bonds is 15. The van der Waals surface area contributed by atoms with E-state index in [-0.39, 0.29) is 36.1 Å². The molecule has 0 saturated heterocycles. The van der Waals surface area contributed by atoms with Gasteiger partial charge in [0.25, 0.3) is 10.0 Å². The molecule has 0 aliphatic carbocycles. The first-order valence-electron chi connectivity index (χ1n) is 16.0. The monoisotopic (exact) mass is 703 g/mol. The standard InChI is InChI=1S/C38H45N3O6S2/c1-7-47-35-19-12-11-18-33(35)41(49(44,45)32-22-20-31(48-6)21-23-32)27-36(42)40(26-29-16-13-17-30(24-29)46-5)34(37(43)39-38(2,3)4)25-28-14-9-8-10-15-28/h8-24,34H,7,25-27H2,1-6H3,(H,39,43)/t34-/m0/s1. The van der Waals surface area contributed by atoms with Gasteiger partial charge in [-0.2, -0.15) is 0 Å². The number of carbonyl (C=O) groups is 2. The van der Waals surface area contributed by atoms with Gasteiger partial charge in [-0.15, -0.1) is 11.8 Å². The second-order valence-electron chi connectivity index (χ2n) is 12.4. The number of nitrogens with one attached hydrogen (secondary N) is 1. The van der Waals surface area contributed by atoms with Crippen molar-refractivity contribution >= 4 is 39.3 Å². The Hall–Kier alpha value is -4.48. The summed E-state index contributed by atoms with van der Waals surface area (Å²) in [6.45, 7) is 7.15. The van der Waals surface area contributed by atoms with Crippen molar-refractivity contribution < 1.29 is 27.5 Å². The van der Waals surface area contributed by atoms with E-state index in [1.165, 1.54) is 28.8 Å². The summed E-state index contributed by atoms with van der Waals surface area (Å²) in [5.74, 6) is -0.0206. The highest BCUT2D eigenvalue weighted by molar-refractivity contribution is 7.98. The Kier molecular flexibility index (Phi) is 12.8. The fraction of sp³-hybridized carbons (Fsp3) is 0.316. The molecule has 4 rings (SSSR count). The zero-order valence-electron chi connectivity index (χ0n) is 28.9. The van der Waals surface area contributed by atoms with Crippen LogP contribution in [0, 0.1) is 0 Å². The summed E-state index contributed by atoms with van der Waals surface area (Å²) in [5.41, 5.74) is 1.18. The third kappa shape index (κ3) is 10.0. The second kappa shape index (κ2) is 16.8. The van der Waals surface area contributed by atoms with Crippen molar-refractivity contribution in [2.45, 2.75) is 62.0 Å². The number of ether oxygens (including phenoxy) is 2. The Bertz CT molecular complexity index is 1810. The van der Waals surface area contributed by atoms with Crippen LogP contribution in [0.1, 0.15) is 38.8 Å². The first kappa shape index (κ1) is 37.3. The molecule has 0 aromatic heterocycles. The molecule has 0 radical (unpaired) electrons. The van der Waals surface area contributed by atoms with Crippen LogP contribution in [-0.4, -0.2) is 63.2 Å². The zero-order valence-corrected chi connectivity index (χ0v) is 30.5. The van der Waals surface area contributed by atoms with E-state index in [1.54, 1.807) is 62.6 Å². The van der Waals surface area contributed by atoms with Gasteiger partial charge >= 0.3 is 0 Å². The molecule has 1 N–H and O–H groups in total. The summed E-state index contributed by atoms with van der Waals surface area (Å²) in [4.78, 5) is 31.3. The predicted molar refractivity (Wildman–Crippen MR) is 196 cm³/mol. The van der Waals surface area contributed by atoms with Gasteiger partial charge in [-0.3, -0.25) is 13.9 Å². The Morgan fingerprint density at radius 2 is 1.53 bits per heavy atom. The van der Waals surface area contributed by atoms with Gasteiger partial charge < -0.3 is 19.7 Å². The maximum Gasteiger partial charge on any atom is 0.264 e. The summed E-state index contributed by atoms with van der Waals surface area (Å²) in [7, 11) is -2.73. The van der Waals surface area contributed by atoms with Crippen LogP contribution in [0.5, 0.6) is 11.5 Å². The summed E-state index contributed by atoms with van der Waals surface area (Å²) < 4.78 is 41.3. The summed E-state index contributed by atoms with van der Waals surface area (Å²) >= 11 is 1.49. The highest BCUT2D eigenvalue weighted by atomic mass is 32.2. The van der Waals surface area contributed by atoms with Crippen molar-refractivity contribution in [3.05, 3.63) is 114 Å². The highest BCUT2D eigenvalue weighted by Gasteiger charge is 2.36. The van der Waals surface area contributed by atoms with Crippen LogP contribution in [-0.2, 0) is 32.6 Å². The molecule has 0 unspecified atom stereocenters. The lowest BCUT2D eigenvalue weighted by molar-refractivity contribution is -0.140. The van der Waals surface area contributed by atoms with E-state index in [4.69, 9.17) is 9.47 Å². The molecule has 49 heavy (non-hydrogen) atoms. The molecule has 9 nitrogen and oxygen atoms in total. The minimum atomic E-state index is -4.29.